The predicted molar refractivity (Wildman–Crippen MR) is 102 cm³/mol. The number of thioether (sulfide) groups is 1. The zero-order valence-corrected chi connectivity index (χ0v) is 16.0. The Morgan fingerprint density at radius 1 is 1.12 bits per heavy atom. The second-order valence-corrected chi connectivity index (χ2v) is 7.28. The molecule has 136 valence electrons. The number of carbonyl (C=O) groups is 1. The van der Waals surface area contributed by atoms with Crippen LogP contribution < -0.4 is 11.2 Å². The first-order valence-electron chi connectivity index (χ1n) is 8.13. The van der Waals surface area contributed by atoms with Gasteiger partial charge < -0.3 is 4.57 Å². The summed E-state index contributed by atoms with van der Waals surface area (Å²) < 4.78 is 4.23. The van der Waals surface area contributed by atoms with E-state index in [1.807, 2.05) is 31.2 Å². The molecule has 0 unspecified atom stereocenters. The Kier molecular flexibility index (Phi) is 4.86. The van der Waals surface area contributed by atoms with Crippen molar-refractivity contribution < 1.29 is 4.79 Å². The van der Waals surface area contributed by atoms with Crippen molar-refractivity contribution in [3.05, 3.63) is 56.2 Å². The summed E-state index contributed by atoms with van der Waals surface area (Å²) in [6, 6.07) is 8.00. The van der Waals surface area contributed by atoms with Gasteiger partial charge >= 0.3 is 5.69 Å². The maximum atomic E-state index is 12.7. The van der Waals surface area contributed by atoms with Gasteiger partial charge in [0, 0.05) is 14.1 Å². The number of hydrogen-bond acceptors (Lipinski definition) is 5. The van der Waals surface area contributed by atoms with Crippen molar-refractivity contribution in [2.45, 2.75) is 25.5 Å². The van der Waals surface area contributed by atoms with Gasteiger partial charge in [0.2, 0.25) is 0 Å². The van der Waals surface area contributed by atoms with Gasteiger partial charge in [-0.1, -0.05) is 41.6 Å². The topological polar surface area (TPSA) is 78.9 Å². The highest BCUT2D eigenvalue weighted by molar-refractivity contribution is 7.99. The molecule has 0 fully saturated rings. The lowest BCUT2D eigenvalue weighted by atomic mass is 10.1. The molecule has 7 nitrogen and oxygen atoms in total. The number of carbonyl (C=O) groups excluding carboxylic acids is 1. The smallest absolute Gasteiger partial charge is 0.309 e. The van der Waals surface area contributed by atoms with E-state index in [-0.39, 0.29) is 11.5 Å². The number of aryl methyl sites for hydroxylation is 2. The van der Waals surface area contributed by atoms with E-state index >= 15 is 0 Å². The molecule has 2 heterocycles. The molecule has 0 amide bonds. The summed E-state index contributed by atoms with van der Waals surface area (Å²) >= 11 is 1.27. The molecular weight excluding hydrogens is 352 g/mol. The third kappa shape index (κ3) is 3.24. The van der Waals surface area contributed by atoms with E-state index in [4.69, 9.17) is 0 Å². The van der Waals surface area contributed by atoms with Crippen molar-refractivity contribution in [1.29, 1.82) is 0 Å². The molecule has 8 heteroatoms. The molecule has 0 aliphatic heterocycles. The van der Waals surface area contributed by atoms with Crippen LogP contribution in [-0.4, -0.2) is 30.2 Å². The van der Waals surface area contributed by atoms with Crippen LogP contribution in [0.25, 0.3) is 11.2 Å². The van der Waals surface area contributed by atoms with E-state index in [0.717, 1.165) is 15.7 Å². The monoisotopic (exact) mass is 372 g/mol. The third-order valence-electron chi connectivity index (χ3n) is 4.18. The standard InChI is InChI=1S/C18H20N4O3S/c1-11-5-7-13(8-6-11)9-22-14-15(19-17(22)26-10-12(2)23)20(3)18(25)21(4)16(14)24/h5-8H,9-10H2,1-4H3. The second kappa shape index (κ2) is 6.95. The molecular formula is C18H20N4O3S. The largest absolute Gasteiger partial charge is 0.332 e. The van der Waals surface area contributed by atoms with Crippen LogP contribution in [0.1, 0.15) is 18.1 Å². The van der Waals surface area contributed by atoms with Gasteiger partial charge in [-0.25, -0.2) is 9.78 Å². The van der Waals surface area contributed by atoms with E-state index in [0.29, 0.717) is 22.9 Å². The highest BCUT2D eigenvalue weighted by Gasteiger charge is 2.19. The lowest BCUT2D eigenvalue weighted by Crippen LogP contribution is -2.37. The summed E-state index contributed by atoms with van der Waals surface area (Å²) in [6.45, 7) is 3.95. The second-order valence-electron chi connectivity index (χ2n) is 6.33. The van der Waals surface area contributed by atoms with E-state index in [2.05, 4.69) is 4.98 Å². The lowest BCUT2D eigenvalue weighted by Gasteiger charge is -2.09. The molecule has 3 aromatic rings. The highest BCUT2D eigenvalue weighted by Crippen LogP contribution is 2.23. The Hall–Kier alpha value is -2.61. The number of hydrogen-bond donors (Lipinski definition) is 0. The Morgan fingerprint density at radius 2 is 1.77 bits per heavy atom. The average molecular weight is 372 g/mol. The lowest BCUT2D eigenvalue weighted by molar-refractivity contribution is -0.114. The zero-order chi connectivity index (χ0) is 19.0. The number of imidazole rings is 1. The van der Waals surface area contributed by atoms with E-state index in [1.165, 1.54) is 30.3 Å². The first-order valence-corrected chi connectivity index (χ1v) is 9.12. The molecule has 0 spiro atoms. The minimum absolute atomic E-state index is 0.0192. The number of Topliss-reactive ketones (excluding diaryl/α,β-unsaturated/α-hetero) is 1. The molecule has 2 aromatic heterocycles. The van der Waals surface area contributed by atoms with Crippen LogP contribution in [0.5, 0.6) is 0 Å². The van der Waals surface area contributed by atoms with Crippen LogP contribution in [0.4, 0.5) is 0 Å². The van der Waals surface area contributed by atoms with Crippen LogP contribution in [0.3, 0.4) is 0 Å². The van der Waals surface area contributed by atoms with Gasteiger partial charge in [-0.3, -0.25) is 18.7 Å². The molecule has 26 heavy (non-hydrogen) atoms. The van der Waals surface area contributed by atoms with E-state index in [9.17, 15) is 14.4 Å². The molecule has 0 saturated carbocycles. The van der Waals surface area contributed by atoms with Crippen molar-refractivity contribution >= 4 is 28.7 Å². The number of aromatic nitrogens is 4. The Labute approximate surface area is 154 Å². The molecule has 0 aliphatic rings. The van der Waals surface area contributed by atoms with Gasteiger partial charge in [0.25, 0.3) is 5.56 Å². The van der Waals surface area contributed by atoms with Gasteiger partial charge in [-0.2, -0.15) is 0 Å². The first kappa shape index (κ1) is 18.2. The summed E-state index contributed by atoms with van der Waals surface area (Å²) in [6.07, 6.45) is 0. The van der Waals surface area contributed by atoms with Gasteiger partial charge in [-0.05, 0) is 19.4 Å². The summed E-state index contributed by atoms with van der Waals surface area (Å²) in [5.74, 6) is 0.275. The molecule has 0 atom stereocenters. The molecule has 0 N–H and O–H groups in total. The molecule has 0 saturated heterocycles. The maximum absolute atomic E-state index is 12.7. The average Bonchev–Trinajstić information content (AvgIpc) is 2.96. The summed E-state index contributed by atoms with van der Waals surface area (Å²) in [5.41, 5.74) is 2.03. The quantitative estimate of drug-likeness (QED) is 0.634. The molecule has 0 radical (unpaired) electrons. The van der Waals surface area contributed by atoms with Crippen molar-refractivity contribution in [3.8, 4) is 0 Å². The predicted octanol–water partition coefficient (Wildman–Crippen LogP) is 1.47. The van der Waals surface area contributed by atoms with Crippen LogP contribution in [-0.2, 0) is 25.4 Å². The first-order chi connectivity index (χ1) is 12.3. The van der Waals surface area contributed by atoms with E-state index in [1.54, 1.807) is 11.6 Å². The van der Waals surface area contributed by atoms with Gasteiger partial charge in [0.15, 0.2) is 16.3 Å². The van der Waals surface area contributed by atoms with Gasteiger partial charge in [0.05, 0.1) is 12.3 Å². The Bertz CT molecular complexity index is 1110. The minimum atomic E-state index is -0.425. The fourth-order valence-electron chi connectivity index (χ4n) is 2.73. The van der Waals surface area contributed by atoms with Crippen LogP contribution in [0.2, 0.25) is 0 Å². The number of nitrogens with zero attached hydrogens (tertiary/aromatic N) is 4. The van der Waals surface area contributed by atoms with Crippen molar-refractivity contribution in [1.82, 2.24) is 18.7 Å². The SMILES string of the molecule is CC(=O)CSc1nc2c(c(=O)n(C)c(=O)n2C)n1Cc1ccc(C)cc1. The molecule has 0 aliphatic carbocycles. The van der Waals surface area contributed by atoms with Crippen molar-refractivity contribution in [2.24, 2.45) is 14.1 Å². The summed E-state index contributed by atoms with van der Waals surface area (Å²) in [7, 11) is 3.04. The van der Waals surface area contributed by atoms with Crippen molar-refractivity contribution in [3.63, 3.8) is 0 Å². The van der Waals surface area contributed by atoms with Crippen LogP contribution in [0, 0.1) is 6.92 Å². The number of benzene rings is 1. The zero-order valence-electron chi connectivity index (χ0n) is 15.1. The Morgan fingerprint density at radius 3 is 2.38 bits per heavy atom. The normalized spacial score (nSPS) is 11.2. The fourth-order valence-corrected chi connectivity index (χ4v) is 3.52. The van der Waals surface area contributed by atoms with Gasteiger partial charge in [-0.15, -0.1) is 0 Å². The Balaban J connectivity index is 2.23. The number of ketones is 1. The molecule has 1 aromatic carbocycles. The van der Waals surface area contributed by atoms with E-state index < -0.39 is 11.2 Å². The summed E-state index contributed by atoms with van der Waals surface area (Å²) in [4.78, 5) is 40.8. The van der Waals surface area contributed by atoms with Crippen LogP contribution in [0.15, 0.2) is 39.0 Å². The van der Waals surface area contributed by atoms with Crippen LogP contribution >= 0.6 is 11.8 Å². The summed E-state index contributed by atoms with van der Waals surface area (Å²) in [5, 5.41) is 0.550. The minimum Gasteiger partial charge on any atom is -0.309 e. The molecule has 0 bridgehead atoms. The fraction of sp³-hybridized carbons (Fsp3) is 0.333. The molecule has 3 rings (SSSR count). The number of fused-ring (bicyclic) bond motifs is 1. The van der Waals surface area contributed by atoms with Crippen molar-refractivity contribution in [2.75, 3.05) is 5.75 Å². The number of rotatable bonds is 5. The highest BCUT2D eigenvalue weighted by atomic mass is 32.2. The third-order valence-corrected chi connectivity index (χ3v) is 5.30. The van der Waals surface area contributed by atoms with Gasteiger partial charge in [0.1, 0.15) is 5.78 Å². The maximum Gasteiger partial charge on any atom is 0.332 e.